The van der Waals surface area contributed by atoms with Crippen LogP contribution >= 0.6 is 0 Å². The molecule has 0 saturated carbocycles. The van der Waals surface area contributed by atoms with Crippen molar-refractivity contribution in [2.75, 3.05) is 48.5 Å². The van der Waals surface area contributed by atoms with E-state index in [4.69, 9.17) is 14.7 Å². The maximum absolute atomic E-state index is 12.3. The van der Waals surface area contributed by atoms with Crippen molar-refractivity contribution in [2.24, 2.45) is 0 Å². The molecule has 0 spiro atoms. The summed E-state index contributed by atoms with van der Waals surface area (Å²) in [7, 11) is 1.87. The highest BCUT2D eigenvalue weighted by atomic mass is 16.5. The molecule has 0 aliphatic carbocycles. The van der Waals surface area contributed by atoms with Crippen molar-refractivity contribution in [1.29, 1.82) is 0 Å². The van der Waals surface area contributed by atoms with E-state index in [0.717, 1.165) is 22.5 Å². The average Bonchev–Trinajstić information content (AvgIpc) is 2.94. The van der Waals surface area contributed by atoms with Crippen LogP contribution in [0.1, 0.15) is 22.5 Å². The minimum Gasteiger partial charge on any atom is -0.513 e. The number of anilines is 3. The number of aromatic nitrogens is 2. The molecule has 1 saturated heterocycles. The number of carbonyl (C=O) groups is 1. The average molecular weight is 512 g/mol. The molecule has 1 aliphatic heterocycles. The normalized spacial score (nSPS) is 13.3. The second kappa shape index (κ2) is 12.7. The molecule has 3 aromatic rings. The van der Waals surface area contributed by atoms with E-state index in [0.29, 0.717) is 50.1 Å². The fourth-order valence-electron chi connectivity index (χ4n) is 4.17. The van der Waals surface area contributed by atoms with Crippen LogP contribution in [0.4, 0.5) is 17.3 Å². The molecule has 0 unspecified atom stereocenters. The molecule has 2 N–H and O–H groups in total. The number of nitrogens with zero attached hydrogens (tertiary/aromatic N) is 4. The number of aliphatic hydroxyl groups excluding tert-OH is 1. The molecule has 2 aromatic carbocycles. The molecule has 1 amide bonds. The minimum atomic E-state index is -0.196. The Bertz CT molecular complexity index is 1300. The van der Waals surface area contributed by atoms with Crippen molar-refractivity contribution >= 4 is 29.3 Å². The number of hydrogen-bond acceptors (Lipinski definition) is 7. The molecule has 2 heterocycles. The lowest BCUT2D eigenvalue weighted by atomic mass is 10.1. The summed E-state index contributed by atoms with van der Waals surface area (Å²) >= 11 is 0. The van der Waals surface area contributed by atoms with Gasteiger partial charge in [-0.2, -0.15) is 0 Å². The van der Waals surface area contributed by atoms with Gasteiger partial charge in [0, 0.05) is 50.3 Å². The summed E-state index contributed by atoms with van der Waals surface area (Å²) < 4.78 is 5.53. The predicted octanol–water partition coefficient (Wildman–Crippen LogP) is 4.75. The molecule has 0 radical (unpaired) electrons. The lowest BCUT2D eigenvalue weighted by molar-refractivity contribution is -0.111. The molecular formula is C30H33N5O3. The summed E-state index contributed by atoms with van der Waals surface area (Å²) in [6.45, 7) is 10.2. The fraction of sp³-hybridized carbons (Fsp3) is 0.233. The van der Waals surface area contributed by atoms with Gasteiger partial charge in [0.25, 0.3) is 0 Å². The molecule has 8 heteroatoms. The van der Waals surface area contributed by atoms with Gasteiger partial charge in [-0.05, 0) is 35.5 Å². The Hall–Kier alpha value is -4.43. The van der Waals surface area contributed by atoms with Crippen LogP contribution < -0.4 is 15.1 Å². The Morgan fingerprint density at radius 3 is 2.50 bits per heavy atom. The number of rotatable bonds is 10. The third-order valence-corrected chi connectivity index (χ3v) is 6.12. The lowest BCUT2D eigenvalue weighted by Gasteiger charge is -2.31. The van der Waals surface area contributed by atoms with Gasteiger partial charge in [0.05, 0.1) is 19.0 Å². The van der Waals surface area contributed by atoms with Crippen LogP contribution in [0.2, 0.25) is 0 Å². The monoisotopic (exact) mass is 511 g/mol. The first-order valence-electron chi connectivity index (χ1n) is 12.5. The van der Waals surface area contributed by atoms with Crippen LogP contribution in [-0.4, -0.2) is 54.3 Å². The smallest absolute Gasteiger partial charge is 0.248 e. The van der Waals surface area contributed by atoms with Crippen molar-refractivity contribution in [1.82, 2.24) is 9.97 Å². The summed E-state index contributed by atoms with van der Waals surface area (Å²) in [4.78, 5) is 26.0. The number of hydrogen-bond donors (Lipinski definition) is 2. The molecule has 0 bridgehead atoms. The molecular weight excluding hydrogens is 478 g/mol. The Morgan fingerprint density at radius 1 is 1.13 bits per heavy atom. The number of ether oxygens (including phenoxy) is 1. The first-order valence-corrected chi connectivity index (χ1v) is 12.5. The predicted molar refractivity (Wildman–Crippen MR) is 152 cm³/mol. The van der Waals surface area contributed by atoms with E-state index in [2.05, 4.69) is 23.4 Å². The van der Waals surface area contributed by atoms with Crippen LogP contribution in [0.25, 0.3) is 6.08 Å². The first-order chi connectivity index (χ1) is 18.4. The Labute approximate surface area is 223 Å². The molecule has 1 fully saturated rings. The molecule has 38 heavy (non-hydrogen) atoms. The number of morpholine rings is 1. The number of allylic oxidation sites excluding steroid dienone is 1. The standard InChI is InChI=1S/C30H33N5O3/c1-4-34(3)29-26(20-22(2)36)30(35-16-18-38-19-17-35)33-27(32-29)21-24-10-13-25(14-11-24)31-28(37)15-12-23-8-6-5-7-9-23/h4-15,36H,1-2,16-21H2,3H3,(H,31,37)/b15-12+. The van der Waals surface area contributed by atoms with Gasteiger partial charge >= 0.3 is 0 Å². The largest absolute Gasteiger partial charge is 0.513 e. The van der Waals surface area contributed by atoms with Crippen molar-refractivity contribution in [3.63, 3.8) is 0 Å². The molecule has 196 valence electrons. The van der Waals surface area contributed by atoms with E-state index in [1.807, 2.05) is 66.5 Å². The van der Waals surface area contributed by atoms with Gasteiger partial charge in [-0.15, -0.1) is 0 Å². The third kappa shape index (κ3) is 7.08. The first kappa shape index (κ1) is 26.6. The van der Waals surface area contributed by atoms with Gasteiger partial charge < -0.3 is 25.0 Å². The van der Waals surface area contributed by atoms with Crippen LogP contribution in [0.3, 0.4) is 0 Å². The Morgan fingerprint density at radius 2 is 1.84 bits per heavy atom. The summed E-state index contributed by atoms with van der Waals surface area (Å²) in [5.41, 5.74) is 3.47. The number of nitrogens with one attached hydrogen (secondary N) is 1. The quantitative estimate of drug-likeness (QED) is 0.300. The molecule has 8 nitrogen and oxygen atoms in total. The number of aliphatic hydroxyl groups is 1. The van der Waals surface area contributed by atoms with Crippen LogP contribution in [-0.2, 0) is 22.4 Å². The van der Waals surface area contributed by atoms with E-state index >= 15 is 0 Å². The summed E-state index contributed by atoms with van der Waals surface area (Å²) in [5, 5.41) is 12.9. The zero-order chi connectivity index (χ0) is 26.9. The van der Waals surface area contributed by atoms with E-state index in [1.54, 1.807) is 12.3 Å². The van der Waals surface area contributed by atoms with Crippen molar-refractivity contribution in [2.45, 2.75) is 12.8 Å². The zero-order valence-electron chi connectivity index (χ0n) is 21.6. The highest BCUT2D eigenvalue weighted by Gasteiger charge is 2.23. The molecule has 0 atom stereocenters. The summed E-state index contributed by atoms with van der Waals surface area (Å²) in [6.07, 6.45) is 5.72. The second-order valence-corrected chi connectivity index (χ2v) is 9.01. The Kier molecular flexibility index (Phi) is 8.89. The molecule has 1 aliphatic rings. The van der Waals surface area contributed by atoms with Gasteiger partial charge in [0.15, 0.2) is 0 Å². The number of benzene rings is 2. The maximum Gasteiger partial charge on any atom is 0.248 e. The highest BCUT2D eigenvalue weighted by Crippen LogP contribution is 2.30. The topological polar surface area (TPSA) is 90.8 Å². The highest BCUT2D eigenvalue weighted by molar-refractivity contribution is 6.01. The van der Waals surface area contributed by atoms with E-state index in [9.17, 15) is 9.90 Å². The number of carbonyl (C=O) groups excluding carboxylic acids is 1. The Balaban J connectivity index is 1.54. The van der Waals surface area contributed by atoms with Gasteiger partial charge in [-0.25, -0.2) is 9.97 Å². The lowest BCUT2D eigenvalue weighted by Crippen LogP contribution is -2.38. The van der Waals surface area contributed by atoms with E-state index in [1.165, 1.54) is 6.08 Å². The third-order valence-electron chi connectivity index (χ3n) is 6.12. The van der Waals surface area contributed by atoms with E-state index < -0.39 is 0 Å². The SMILES string of the molecule is C=CN(C)c1nc(Cc2ccc(NC(=O)/C=C/c3ccccc3)cc2)nc(N2CCOCC2)c1CC(=C)O. The van der Waals surface area contributed by atoms with Gasteiger partial charge in [-0.1, -0.05) is 55.6 Å². The molecule has 4 rings (SSSR count). The van der Waals surface area contributed by atoms with Gasteiger partial charge in [0.2, 0.25) is 5.91 Å². The van der Waals surface area contributed by atoms with Crippen LogP contribution in [0.15, 0.2) is 85.8 Å². The molecule has 1 aromatic heterocycles. The maximum atomic E-state index is 12.3. The van der Waals surface area contributed by atoms with Crippen molar-refractivity contribution in [3.05, 3.63) is 108 Å². The van der Waals surface area contributed by atoms with Gasteiger partial charge in [-0.3, -0.25) is 4.79 Å². The van der Waals surface area contributed by atoms with Crippen LogP contribution in [0.5, 0.6) is 0 Å². The van der Waals surface area contributed by atoms with Crippen molar-refractivity contribution < 1.29 is 14.6 Å². The van der Waals surface area contributed by atoms with Gasteiger partial charge in [0.1, 0.15) is 17.5 Å². The zero-order valence-corrected chi connectivity index (χ0v) is 21.6. The second-order valence-electron chi connectivity index (χ2n) is 9.01. The van der Waals surface area contributed by atoms with E-state index in [-0.39, 0.29) is 18.1 Å². The summed E-state index contributed by atoms with van der Waals surface area (Å²) in [6, 6.07) is 17.3. The van der Waals surface area contributed by atoms with Crippen LogP contribution in [0, 0.1) is 0 Å². The number of amides is 1. The summed E-state index contributed by atoms with van der Waals surface area (Å²) in [5.74, 6) is 1.94. The fourth-order valence-corrected chi connectivity index (χ4v) is 4.17. The van der Waals surface area contributed by atoms with Crippen molar-refractivity contribution in [3.8, 4) is 0 Å². The minimum absolute atomic E-state index is 0.0471.